The highest BCUT2D eigenvalue weighted by Gasteiger charge is 2.38. The first-order valence-corrected chi connectivity index (χ1v) is 7.12. The molecule has 0 aromatic heterocycles. The monoisotopic (exact) mass is 316 g/mol. The summed E-state index contributed by atoms with van der Waals surface area (Å²) in [5, 5.41) is 10.1. The van der Waals surface area contributed by atoms with Gasteiger partial charge in [0.25, 0.3) is 0 Å². The summed E-state index contributed by atoms with van der Waals surface area (Å²) < 4.78 is 15.8. The maximum atomic E-state index is 12.4. The van der Waals surface area contributed by atoms with Crippen molar-refractivity contribution >= 4 is 11.5 Å². The molecule has 0 bridgehead atoms. The standard InChI is InChI=1S/C18H20O5/c1-21-17-12-18(22-2,23-3)11-16(20)14(17)9-10-15(19)13-7-5-4-6-8-13/h4-10,12,19H,11H2,1-3H3. The molecule has 0 aliphatic heterocycles. The number of aliphatic hydroxyl groups excluding tert-OH is 1. The maximum absolute atomic E-state index is 12.4. The Bertz CT molecular complexity index is 651. The van der Waals surface area contributed by atoms with Gasteiger partial charge in [-0.05, 0) is 12.2 Å². The number of ketones is 1. The largest absolute Gasteiger partial charge is 0.507 e. The van der Waals surface area contributed by atoms with E-state index < -0.39 is 5.79 Å². The van der Waals surface area contributed by atoms with Crippen molar-refractivity contribution in [2.45, 2.75) is 12.2 Å². The Balaban J connectivity index is 2.36. The molecule has 0 saturated heterocycles. The summed E-state index contributed by atoms with van der Waals surface area (Å²) in [6.45, 7) is 0. The minimum absolute atomic E-state index is 0.0403. The van der Waals surface area contributed by atoms with Gasteiger partial charge in [0, 0.05) is 25.9 Å². The van der Waals surface area contributed by atoms with Crippen molar-refractivity contribution in [2.75, 3.05) is 21.3 Å². The predicted octanol–water partition coefficient (Wildman–Crippen LogP) is 3.00. The number of rotatable bonds is 5. The van der Waals surface area contributed by atoms with Gasteiger partial charge in [0.15, 0.2) is 11.6 Å². The first kappa shape index (κ1) is 17.0. The molecule has 0 saturated carbocycles. The topological polar surface area (TPSA) is 65.0 Å². The minimum atomic E-state index is -1.12. The Morgan fingerprint density at radius 3 is 2.39 bits per heavy atom. The molecule has 1 aromatic rings. The van der Waals surface area contributed by atoms with Crippen molar-refractivity contribution in [3.63, 3.8) is 0 Å². The fraction of sp³-hybridized carbons (Fsp3) is 0.278. The lowest BCUT2D eigenvalue weighted by Gasteiger charge is -2.31. The van der Waals surface area contributed by atoms with Crippen LogP contribution in [-0.2, 0) is 19.0 Å². The Hall–Kier alpha value is -2.37. The van der Waals surface area contributed by atoms with Crippen molar-refractivity contribution in [1.29, 1.82) is 0 Å². The summed E-state index contributed by atoms with van der Waals surface area (Å²) in [6.07, 6.45) is 4.67. The van der Waals surface area contributed by atoms with E-state index in [1.165, 1.54) is 33.5 Å². The molecule has 2 rings (SSSR count). The van der Waals surface area contributed by atoms with E-state index in [0.29, 0.717) is 16.9 Å². The summed E-state index contributed by atoms with van der Waals surface area (Å²) in [6, 6.07) is 9.07. The zero-order chi connectivity index (χ0) is 16.9. The Labute approximate surface area is 135 Å². The van der Waals surface area contributed by atoms with Crippen LogP contribution in [0.15, 0.2) is 59.9 Å². The number of hydrogen-bond acceptors (Lipinski definition) is 5. The molecule has 1 aliphatic carbocycles. The first-order valence-electron chi connectivity index (χ1n) is 7.12. The molecule has 5 heteroatoms. The number of Topliss-reactive ketones (excluding diaryl/α,β-unsaturated/α-hetero) is 1. The fourth-order valence-corrected chi connectivity index (χ4v) is 2.34. The van der Waals surface area contributed by atoms with Gasteiger partial charge in [-0.2, -0.15) is 0 Å². The molecular formula is C18H20O5. The Kier molecular flexibility index (Phi) is 5.36. The van der Waals surface area contributed by atoms with Crippen LogP contribution in [-0.4, -0.2) is 38.0 Å². The molecule has 0 radical (unpaired) electrons. The number of allylic oxidation sites excluding steroid dienone is 3. The van der Waals surface area contributed by atoms with Crippen LogP contribution in [0, 0.1) is 0 Å². The van der Waals surface area contributed by atoms with Gasteiger partial charge in [0.2, 0.25) is 0 Å². The van der Waals surface area contributed by atoms with Crippen molar-refractivity contribution in [3.05, 3.63) is 65.5 Å². The van der Waals surface area contributed by atoms with Crippen molar-refractivity contribution in [3.8, 4) is 0 Å². The molecule has 23 heavy (non-hydrogen) atoms. The molecule has 0 amide bonds. The quantitative estimate of drug-likeness (QED) is 0.514. The molecule has 1 N–H and O–H groups in total. The molecular weight excluding hydrogens is 296 g/mol. The number of aliphatic hydroxyl groups is 1. The van der Waals surface area contributed by atoms with Gasteiger partial charge in [-0.15, -0.1) is 0 Å². The normalized spacial score (nSPS) is 19.6. The second-order valence-corrected chi connectivity index (χ2v) is 5.03. The van der Waals surface area contributed by atoms with E-state index in [1.807, 2.05) is 18.2 Å². The number of hydrogen-bond donors (Lipinski definition) is 1. The summed E-state index contributed by atoms with van der Waals surface area (Å²) in [7, 11) is 4.40. The van der Waals surface area contributed by atoms with Gasteiger partial charge in [-0.25, -0.2) is 0 Å². The third-order valence-corrected chi connectivity index (χ3v) is 3.71. The fourth-order valence-electron chi connectivity index (χ4n) is 2.34. The van der Waals surface area contributed by atoms with E-state index in [1.54, 1.807) is 18.2 Å². The van der Waals surface area contributed by atoms with Crippen LogP contribution in [0.25, 0.3) is 5.76 Å². The van der Waals surface area contributed by atoms with Crippen LogP contribution in [0.3, 0.4) is 0 Å². The smallest absolute Gasteiger partial charge is 0.198 e. The van der Waals surface area contributed by atoms with Gasteiger partial charge < -0.3 is 19.3 Å². The van der Waals surface area contributed by atoms with E-state index in [9.17, 15) is 9.90 Å². The summed E-state index contributed by atoms with van der Waals surface area (Å²) in [5.74, 6) is -0.894. The van der Waals surface area contributed by atoms with E-state index in [0.717, 1.165) is 0 Å². The average molecular weight is 316 g/mol. The number of ether oxygens (including phenoxy) is 3. The summed E-state index contributed by atoms with van der Waals surface area (Å²) in [4.78, 5) is 12.4. The van der Waals surface area contributed by atoms with Crippen molar-refractivity contribution < 1.29 is 24.1 Å². The second-order valence-electron chi connectivity index (χ2n) is 5.03. The highest BCUT2D eigenvalue weighted by molar-refractivity contribution is 6.01. The molecule has 0 spiro atoms. The third-order valence-electron chi connectivity index (χ3n) is 3.71. The number of benzene rings is 1. The lowest BCUT2D eigenvalue weighted by atomic mass is 9.93. The van der Waals surface area contributed by atoms with Crippen LogP contribution in [0.4, 0.5) is 0 Å². The number of methoxy groups -OCH3 is 3. The van der Waals surface area contributed by atoms with E-state index in [2.05, 4.69) is 0 Å². The highest BCUT2D eigenvalue weighted by Crippen LogP contribution is 2.32. The second kappa shape index (κ2) is 7.26. The maximum Gasteiger partial charge on any atom is 0.198 e. The van der Waals surface area contributed by atoms with Crippen LogP contribution in [0.5, 0.6) is 0 Å². The SMILES string of the molecule is COC1=CC(OC)(OC)CC(=O)C1=CC=C(O)c1ccccc1. The average Bonchev–Trinajstić information content (AvgIpc) is 2.60. The van der Waals surface area contributed by atoms with Crippen LogP contribution in [0.2, 0.25) is 0 Å². The molecule has 0 heterocycles. The lowest BCUT2D eigenvalue weighted by molar-refractivity contribution is -0.180. The zero-order valence-electron chi connectivity index (χ0n) is 13.4. The molecule has 1 aromatic carbocycles. The number of carbonyl (C=O) groups is 1. The van der Waals surface area contributed by atoms with Crippen molar-refractivity contribution in [1.82, 2.24) is 0 Å². The molecule has 5 nitrogen and oxygen atoms in total. The zero-order valence-corrected chi connectivity index (χ0v) is 13.4. The van der Waals surface area contributed by atoms with Gasteiger partial charge >= 0.3 is 0 Å². The van der Waals surface area contributed by atoms with Gasteiger partial charge in [-0.1, -0.05) is 30.3 Å². The molecule has 1 aliphatic rings. The first-order chi connectivity index (χ1) is 11.0. The predicted molar refractivity (Wildman–Crippen MR) is 86.6 cm³/mol. The van der Waals surface area contributed by atoms with Gasteiger partial charge in [0.05, 0.1) is 19.1 Å². The number of carbonyl (C=O) groups excluding carboxylic acids is 1. The van der Waals surface area contributed by atoms with Crippen LogP contribution < -0.4 is 0 Å². The molecule has 0 atom stereocenters. The summed E-state index contributed by atoms with van der Waals surface area (Å²) in [5.41, 5.74) is 1.03. The highest BCUT2D eigenvalue weighted by atomic mass is 16.7. The van der Waals surface area contributed by atoms with Gasteiger partial charge in [0.1, 0.15) is 11.5 Å². The van der Waals surface area contributed by atoms with Crippen LogP contribution >= 0.6 is 0 Å². The summed E-state index contributed by atoms with van der Waals surface area (Å²) >= 11 is 0. The van der Waals surface area contributed by atoms with E-state index >= 15 is 0 Å². The minimum Gasteiger partial charge on any atom is -0.507 e. The molecule has 0 fully saturated rings. The molecule has 122 valence electrons. The van der Waals surface area contributed by atoms with Gasteiger partial charge in [-0.3, -0.25) is 4.79 Å². The Morgan fingerprint density at radius 1 is 1.17 bits per heavy atom. The Morgan fingerprint density at radius 2 is 1.83 bits per heavy atom. The van der Waals surface area contributed by atoms with Crippen LogP contribution in [0.1, 0.15) is 12.0 Å². The third kappa shape index (κ3) is 3.70. The van der Waals surface area contributed by atoms with Crippen molar-refractivity contribution in [2.24, 2.45) is 0 Å². The van der Waals surface area contributed by atoms with E-state index in [4.69, 9.17) is 14.2 Å². The van der Waals surface area contributed by atoms with E-state index in [-0.39, 0.29) is 18.0 Å². The lowest BCUT2D eigenvalue weighted by Crippen LogP contribution is -2.38. The molecule has 0 unspecified atom stereocenters.